The predicted molar refractivity (Wildman–Crippen MR) is 73.4 cm³/mol. The fourth-order valence-electron chi connectivity index (χ4n) is 2.67. The van der Waals surface area contributed by atoms with Gasteiger partial charge in [-0.25, -0.2) is 0 Å². The van der Waals surface area contributed by atoms with Gasteiger partial charge in [0.25, 0.3) is 0 Å². The lowest BCUT2D eigenvalue weighted by Crippen LogP contribution is -2.05. The van der Waals surface area contributed by atoms with Crippen LogP contribution in [0.4, 0.5) is 0 Å². The minimum Gasteiger partial charge on any atom is -0.330 e. The third-order valence-electron chi connectivity index (χ3n) is 3.61. The zero-order chi connectivity index (χ0) is 12.3. The number of aryl methyl sites for hydroxylation is 2. The molecule has 1 aliphatic rings. The fraction of sp³-hybridized carbons (Fsp3) is 0.769. The quantitative estimate of drug-likeness (QED) is 0.820. The van der Waals surface area contributed by atoms with Crippen molar-refractivity contribution in [3.63, 3.8) is 0 Å². The Morgan fingerprint density at radius 3 is 2.76 bits per heavy atom. The Kier molecular flexibility index (Phi) is 4.51. The van der Waals surface area contributed by atoms with Gasteiger partial charge in [-0.15, -0.1) is 11.8 Å². The monoisotopic (exact) mass is 253 g/mol. The number of hydrogen-bond acceptors (Lipinski definition) is 3. The number of thioether (sulfide) groups is 1. The summed E-state index contributed by atoms with van der Waals surface area (Å²) in [4.78, 5) is 0. The fourth-order valence-corrected chi connectivity index (χ4v) is 4.05. The molecule has 4 heteroatoms. The molecule has 0 spiro atoms. The van der Waals surface area contributed by atoms with Crippen LogP contribution < -0.4 is 5.73 Å². The standard InChI is InChI=1S/C13H23N3S/c1-10-12(7-8-14)13(16(2)15-10)17-9-11-5-3-4-6-11/h11H,3-9,14H2,1-2H3. The number of hydrogen-bond donors (Lipinski definition) is 1. The number of nitrogens with two attached hydrogens (primary N) is 1. The molecule has 0 saturated heterocycles. The average molecular weight is 253 g/mol. The van der Waals surface area contributed by atoms with Crippen LogP contribution in [-0.2, 0) is 13.5 Å². The van der Waals surface area contributed by atoms with Gasteiger partial charge in [0.05, 0.1) is 10.7 Å². The molecule has 96 valence electrons. The maximum Gasteiger partial charge on any atom is 0.0971 e. The van der Waals surface area contributed by atoms with E-state index < -0.39 is 0 Å². The predicted octanol–water partition coefficient (Wildman–Crippen LogP) is 2.51. The minimum absolute atomic E-state index is 0.712. The molecule has 2 N–H and O–H groups in total. The summed E-state index contributed by atoms with van der Waals surface area (Å²) < 4.78 is 2.03. The average Bonchev–Trinajstić information content (AvgIpc) is 2.88. The first-order valence-electron chi connectivity index (χ1n) is 6.57. The third kappa shape index (κ3) is 3.05. The maximum atomic E-state index is 5.68. The van der Waals surface area contributed by atoms with Crippen molar-refractivity contribution in [2.45, 2.75) is 44.1 Å². The van der Waals surface area contributed by atoms with Gasteiger partial charge in [-0.3, -0.25) is 4.68 Å². The molecule has 0 aromatic carbocycles. The van der Waals surface area contributed by atoms with Crippen LogP contribution in [0, 0.1) is 12.8 Å². The molecule has 2 rings (SSSR count). The van der Waals surface area contributed by atoms with Crippen molar-refractivity contribution in [3.05, 3.63) is 11.3 Å². The van der Waals surface area contributed by atoms with Crippen LogP contribution in [0.3, 0.4) is 0 Å². The van der Waals surface area contributed by atoms with Crippen LogP contribution in [0.5, 0.6) is 0 Å². The van der Waals surface area contributed by atoms with E-state index in [0.29, 0.717) is 6.54 Å². The van der Waals surface area contributed by atoms with Crippen molar-refractivity contribution >= 4 is 11.8 Å². The topological polar surface area (TPSA) is 43.8 Å². The van der Waals surface area contributed by atoms with Crippen LogP contribution in [-0.4, -0.2) is 22.1 Å². The van der Waals surface area contributed by atoms with E-state index in [1.54, 1.807) is 0 Å². The minimum atomic E-state index is 0.712. The van der Waals surface area contributed by atoms with E-state index in [1.807, 2.05) is 23.5 Å². The van der Waals surface area contributed by atoms with Gasteiger partial charge in [0.2, 0.25) is 0 Å². The molecule has 1 saturated carbocycles. The molecular weight excluding hydrogens is 230 g/mol. The van der Waals surface area contributed by atoms with E-state index in [2.05, 4.69) is 12.0 Å². The summed E-state index contributed by atoms with van der Waals surface area (Å²) in [6, 6.07) is 0. The second kappa shape index (κ2) is 5.91. The Balaban J connectivity index is 2.02. The van der Waals surface area contributed by atoms with Crippen molar-refractivity contribution in [1.29, 1.82) is 0 Å². The molecule has 1 heterocycles. The molecule has 0 atom stereocenters. The number of nitrogens with zero attached hydrogens (tertiary/aromatic N) is 2. The zero-order valence-corrected chi connectivity index (χ0v) is 11.7. The molecule has 0 amide bonds. The molecule has 1 aromatic heterocycles. The van der Waals surface area contributed by atoms with Gasteiger partial charge in [0.15, 0.2) is 0 Å². The van der Waals surface area contributed by atoms with E-state index >= 15 is 0 Å². The maximum absolute atomic E-state index is 5.68. The van der Waals surface area contributed by atoms with Crippen LogP contribution in [0.25, 0.3) is 0 Å². The Bertz CT molecular complexity index is 367. The highest BCUT2D eigenvalue weighted by Gasteiger charge is 2.18. The summed E-state index contributed by atoms with van der Waals surface area (Å²) in [5, 5.41) is 5.85. The molecule has 0 aliphatic heterocycles. The highest BCUT2D eigenvalue weighted by atomic mass is 32.2. The second-order valence-electron chi connectivity index (χ2n) is 4.99. The number of aromatic nitrogens is 2. The second-order valence-corrected chi connectivity index (χ2v) is 6.00. The molecule has 1 aromatic rings. The Morgan fingerprint density at radius 1 is 1.41 bits per heavy atom. The summed E-state index contributed by atoms with van der Waals surface area (Å²) in [5.74, 6) is 2.16. The van der Waals surface area contributed by atoms with Gasteiger partial charge in [-0.05, 0) is 38.6 Å². The first-order valence-corrected chi connectivity index (χ1v) is 7.56. The van der Waals surface area contributed by atoms with Gasteiger partial charge in [-0.1, -0.05) is 12.8 Å². The highest BCUT2D eigenvalue weighted by Crippen LogP contribution is 2.33. The zero-order valence-electron chi connectivity index (χ0n) is 10.9. The molecule has 1 fully saturated rings. The Morgan fingerprint density at radius 2 is 2.12 bits per heavy atom. The van der Waals surface area contributed by atoms with E-state index in [4.69, 9.17) is 5.73 Å². The molecule has 17 heavy (non-hydrogen) atoms. The van der Waals surface area contributed by atoms with Crippen LogP contribution in [0.1, 0.15) is 36.9 Å². The smallest absolute Gasteiger partial charge is 0.0971 e. The van der Waals surface area contributed by atoms with Crippen LogP contribution >= 0.6 is 11.8 Å². The van der Waals surface area contributed by atoms with E-state index in [1.165, 1.54) is 42.0 Å². The van der Waals surface area contributed by atoms with Gasteiger partial charge in [0, 0.05) is 18.4 Å². The van der Waals surface area contributed by atoms with Crippen molar-refractivity contribution in [2.75, 3.05) is 12.3 Å². The summed E-state index contributed by atoms with van der Waals surface area (Å²) >= 11 is 1.98. The molecule has 1 aliphatic carbocycles. The lowest BCUT2D eigenvalue weighted by molar-refractivity contribution is 0.619. The molecule has 3 nitrogen and oxygen atoms in total. The summed E-state index contributed by atoms with van der Waals surface area (Å²) in [5.41, 5.74) is 8.18. The molecule has 0 bridgehead atoms. The lowest BCUT2D eigenvalue weighted by Gasteiger charge is -2.10. The molecule has 0 radical (unpaired) electrons. The SMILES string of the molecule is Cc1nn(C)c(SCC2CCCC2)c1CCN. The number of rotatable bonds is 5. The first-order chi connectivity index (χ1) is 8.22. The van der Waals surface area contributed by atoms with E-state index in [0.717, 1.165) is 18.0 Å². The third-order valence-corrected chi connectivity index (χ3v) is 5.04. The highest BCUT2D eigenvalue weighted by molar-refractivity contribution is 7.99. The van der Waals surface area contributed by atoms with Crippen molar-refractivity contribution < 1.29 is 0 Å². The van der Waals surface area contributed by atoms with Gasteiger partial charge in [-0.2, -0.15) is 5.10 Å². The van der Waals surface area contributed by atoms with E-state index in [-0.39, 0.29) is 0 Å². The van der Waals surface area contributed by atoms with Gasteiger partial charge in [0.1, 0.15) is 0 Å². The van der Waals surface area contributed by atoms with Crippen molar-refractivity contribution in [1.82, 2.24) is 9.78 Å². The largest absolute Gasteiger partial charge is 0.330 e. The van der Waals surface area contributed by atoms with Gasteiger partial charge < -0.3 is 5.73 Å². The first kappa shape index (κ1) is 13.0. The van der Waals surface area contributed by atoms with Crippen LogP contribution in [0.15, 0.2) is 5.03 Å². The van der Waals surface area contributed by atoms with Crippen molar-refractivity contribution in [2.24, 2.45) is 18.7 Å². The van der Waals surface area contributed by atoms with Crippen molar-refractivity contribution in [3.8, 4) is 0 Å². The summed E-state index contributed by atoms with van der Waals surface area (Å²) in [6.45, 7) is 2.80. The summed E-state index contributed by atoms with van der Waals surface area (Å²) in [7, 11) is 2.05. The molecular formula is C13H23N3S. The van der Waals surface area contributed by atoms with Crippen LogP contribution in [0.2, 0.25) is 0 Å². The summed E-state index contributed by atoms with van der Waals surface area (Å²) in [6.07, 6.45) is 6.62. The Labute approximate surface area is 108 Å². The normalized spacial score (nSPS) is 16.9. The lowest BCUT2D eigenvalue weighted by atomic mass is 10.1. The Hall–Kier alpha value is -0.480. The van der Waals surface area contributed by atoms with E-state index in [9.17, 15) is 0 Å². The molecule has 0 unspecified atom stereocenters. The van der Waals surface area contributed by atoms with Gasteiger partial charge >= 0.3 is 0 Å².